The van der Waals surface area contributed by atoms with E-state index < -0.39 is 0 Å². The molecular formula is C15H15NO4. The second kappa shape index (κ2) is 5.02. The molecule has 1 unspecified atom stereocenters. The van der Waals surface area contributed by atoms with Crippen LogP contribution in [0.25, 0.3) is 10.8 Å². The third kappa shape index (κ3) is 2.28. The van der Waals surface area contributed by atoms with Crippen LogP contribution in [0, 0.1) is 0 Å². The zero-order valence-electron chi connectivity index (χ0n) is 11.1. The number of phenols is 1. The molecular weight excluding hydrogens is 258 g/mol. The molecule has 1 aliphatic rings. The quantitative estimate of drug-likeness (QED) is 0.933. The van der Waals surface area contributed by atoms with Crippen molar-refractivity contribution >= 4 is 22.6 Å². The first kappa shape index (κ1) is 12.7. The summed E-state index contributed by atoms with van der Waals surface area (Å²) in [5, 5.41) is 11.3. The number of phenolic OH excluding ortho intramolecular Hbond substituents is 1. The van der Waals surface area contributed by atoms with Gasteiger partial charge in [-0.05, 0) is 35.0 Å². The number of fused-ring (bicyclic) bond motifs is 1. The molecule has 5 heteroatoms. The average molecular weight is 273 g/mol. The van der Waals surface area contributed by atoms with E-state index in [1.54, 1.807) is 24.1 Å². The third-order valence-corrected chi connectivity index (χ3v) is 3.35. The van der Waals surface area contributed by atoms with E-state index >= 15 is 0 Å². The van der Waals surface area contributed by atoms with Crippen LogP contribution >= 0.6 is 0 Å². The summed E-state index contributed by atoms with van der Waals surface area (Å²) in [7, 11) is 1.58. The van der Waals surface area contributed by atoms with E-state index in [2.05, 4.69) is 0 Å². The number of methoxy groups -OCH3 is 1. The fourth-order valence-corrected chi connectivity index (χ4v) is 2.39. The number of cyclic esters (lactones) is 1. The lowest BCUT2D eigenvalue weighted by Crippen LogP contribution is -2.25. The van der Waals surface area contributed by atoms with Crippen molar-refractivity contribution in [1.82, 2.24) is 0 Å². The van der Waals surface area contributed by atoms with E-state index in [9.17, 15) is 9.90 Å². The molecule has 104 valence electrons. The Bertz CT molecular complexity index is 655. The van der Waals surface area contributed by atoms with Crippen molar-refractivity contribution in [3.63, 3.8) is 0 Å². The van der Waals surface area contributed by atoms with Gasteiger partial charge in [-0.25, -0.2) is 4.79 Å². The van der Waals surface area contributed by atoms with Crippen molar-refractivity contribution in [3.05, 3.63) is 36.4 Å². The fourth-order valence-electron chi connectivity index (χ4n) is 2.39. The van der Waals surface area contributed by atoms with Crippen LogP contribution in [-0.2, 0) is 9.47 Å². The molecule has 0 aromatic heterocycles. The summed E-state index contributed by atoms with van der Waals surface area (Å²) in [4.78, 5) is 13.5. The summed E-state index contributed by atoms with van der Waals surface area (Å²) in [5.41, 5.74) is 0.784. The number of rotatable bonds is 3. The minimum Gasteiger partial charge on any atom is -0.508 e. The van der Waals surface area contributed by atoms with Crippen molar-refractivity contribution in [2.45, 2.75) is 6.10 Å². The lowest BCUT2D eigenvalue weighted by atomic mass is 10.1. The Morgan fingerprint density at radius 2 is 2.05 bits per heavy atom. The maximum Gasteiger partial charge on any atom is 0.414 e. The van der Waals surface area contributed by atoms with Gasteiger partial charge in [0.25, 0.3) is 0 Å². The molecule has 1 N–H and O–H groups in total. The van der Waals surface area contributed by atoms with Gasteiger partial charge in [0.15, 0.2) is 0 Å². The van der Waals surface area contributed by atoms with Gasteiger partial charge in [0, 0.05) is 12.8 Å². The summed E-state index contributed by atoms with van der Waals surface area (Å²) in [6.45, 7) is 0.875. The Labute approximate surface area is 116 Å². The molecule has 0 radical (unpaired) electrons. The molecule has 1 fully saturated rings. The summed E-state index contributed by atoms with van der Waals surface area (Å²) < 4.78 is 10.2. The van der Waals surface area contributed by atoms with Crippen LogP contribution in [0.4, 0.5) is 10.5 Å². The lowest BCUT2D eigenvalue weighted by Gasteiger charge is -2.13. The van der Waals surface area contributed by atoms with Gasteiger partial charge in [-0.15, -0.1) is 0 Å². The monoisotopic (exact) mass is 273 g/mol. The number of benzene rings is 2. The second-order valence-electron chi connectivity index (χ2n) is 4.79. The van der Waals surface area contributed by atoms with Gasteiger partial charge in [0.05, 0.1) is 13.2 Å². The number of ether oxygens (including phenoxy) is 2. The van der Waals surface area contributed by atoms with E-state index in [-0.39, 0.29) is 17.9 Å². The predicted octanol–water partition coefficient (Wildman–Crippen LogP) is 2.52. The molecule has 1 amide bonds. The molecule has 5 nitrogen and oxygen atoms in total. The molecule has 2 aromatic rings. The Balaban J connectivity index is 1.90. The Kier molecular flexibility index (Phi) is 3.20. The second-order valence-corrected chi connectivity index (χ2v) is 4.79. The first-order valence-electron chi connectivity index (χ1n) is 6.37. The van der Waals surface area contributed by atoms with Crippen LogP contribution in [0.2, 0.25) is 0 Å². The van der Waals surface area contributed by atoms with Gasteiger partial charge in [-0.2, -0.15) is 0 Å². The number of anilines is 1. The van der Waals surface area contributed by atoms with Crippen molar-refractivity contribution in [2.24, 2.45) is 0 Å². The Hall–Kier alpha value is -2.27. The minimum absolute atomic E-state index is 0.228. The first-order chi connectivity index (χ1) is 9.67. The normalized spacial score (nSPS) is 18.6. The van der Waals surface area contributed by atoms with Crippen molar-refractivity contribution in [3.8, 4) is 5.75 Å². The topological polar surface area (TPSA) is 59.0 Å². The largest absolute Gasteiger partial charge is 0.508 e. The molecule has 1 saturated heterocycles. The highest BCUT2D eigenvalue weighted by Crippen LogP contribution is 2.27. The molecule has 1 aliphatic heterocycles. The number of hydrogen-bond acceptors (Lipinski definition) is 4. The molecule has 3 rings (SSSR count). The molecule has 0 aliphatic carbocycles. The van der Waals surface area contributed by atoms with Gasteiger partial charge >= 0.3 is 6.09 Å². The van der Waals surface area contributed by atoms with Crippen LogP contribution < -0.4 is 4.90 Å². The standard InChI is InChI=1S/C15H15NO4/c1-19-9-14-8-16(15(18)20-14)12-4-2-11-7-13(17)5-3-10(11)6-12/h2-7,14,17H,8-9H2,1H3. The highest BCUT2D eigenvalue weighted by molar-refractivity contribution is 5.94. The zero-order chi connectivity index (χ0) is 14.1. The summed E-state index contributed by atoms with van der Waals surface area (Å²) >= 11 is 0. The summed E-state index contributed by atoms with van der Waals surface area (Å²) in [6.07, 6.45) is -0.590. The maximum atomic E-state index is 11.9. The zero-order valence-corrected chi connectivity index (χ0v) is 11.1. The molecule has 0 saturated carbocycles. The maximum absolute atomic E-state index is 11.9. The average Bonchev–Trinajstić information content (AvgIpc) is 2.79. The highest BCUT2D eigenvalue weighted by atomic mass is 16.6. The van der Waals surface area contributed by atoms with Crippen LogP contribution in [-0.4, -0.2) is 37.6 Å². The van der Waals surface area contributed by atoms with Crippen molar-refractivity contribution < 1.29 is 19.4 Å². The minimum atomic E-state index is -0.356. The number of amides is 1. The van der Waals surface area contributed by atoms with Crippen LogP contribution in [0.5, 0.6) is 5.75 Å². The SMILES string of the molecule is COCC1CN(c2ccc3cc(O)ccc3c2)C(=O)O1. The molecule has 2 aromatic carbocycles. The molecule has 1 atom stereocenters. The number of aromatic hydroxyl groups is 1. The number of nitrogens with zero attached hydrogens (tertiary/aromatic N) is 1. The third-order valence-electron chi connectivity index (χ3n) is 3.35. The molecule has 0 bridgehead atoms. The smallest absolute Gasteiger partial charge is 0.414 e. The first-order valence-corrected chi connectivity index (χ1v) is 6.37. The van der Waals surface area contributed by atoms with Gasteiger partial charge in [0.2, 0.25) is 0 Å². The predicted molar refractivity (Wildman–Crippen MR) is 75.1 cm³/mol. The van der Waals surface area contributed by atoms with E-state index in [0.717, 1.165) is 16.5 Å². The van der Waals surface area contributed by atoms with Gasteiger partial charge in [0.1, 0.15) is 11.9 Å². The Morgan fingerprint density at radius 1 is 1.30 bits per heavy atom. The van der Waals surface area contributed by atoms with Gasteiger partial charge < -0.3 is 14.6 Å². The van der Waals surface area contributed by atoms with Crippen LogP contribution in [0.1, 0.15) is 0 Å². The fraction of sp³-hybridized carbons (Fsp3) is 0.267. The van der Waals surface area contributed by atoms with E-state index in [1.807, 2.05) is 24.3 Å². The number of carbonyl (C=O) groups excluding carboxylic acids is 1. The van der Waals surface area contributed by atoms with Gasteiger partial charge in [-0.3, -0.25) is 4.90 Å². The molecule has 0 spiro atoms. The van der Waals surface area contributed by atoms with Crippen molar-refractivity contribution in [2.75, 3.05) is 25.2 Å². The summed E-state index contributed by atoms with van der Waals surface area (Å²) in [6, 6.07) is 10.8. The number of hydrogen-bond donors (Lipinski definition) is 1. The summed E-state index contributed by atoms with van der Waals surface area (Å²) in [5.74, 6) is 0.228. The highest BCUT2D eigenvalue weighted by Gasteiger charge is 2.32. The lowest BCUT2D eigenvalue weighted by molar-refractivity contribution is 0.0718. The Morgan fingerprint density at radius 3 is 2.85 bits per heavy atom. The van der Waals surface area contributed by atoms with E-state index in [0.29, 0.717) is 13.2 Å². The van der Waals surface area contributed by atoms with E-state index in [4.69, 9.17) is 9.47 Å². The van der Waals surface area contributed by atoms with Crippen LogP contribution in [0.15, 0.2) is 36.4 Å². The van der Waals surface area contributed by atoms with E-state index in [1.165, 1.54) is 0 Å². The number of carbonyl (C=O) groups is 1. The molecule has 1 heterocycles. The van der Waals surface area contributed by atoms with Crippen molar-refractivity contribution in [1.29, 1.82) is 0 Å². The van der Waals surface area contributed by atoms with Gasteiger partial charge in [-0.1, -0.05) is 12.1 Å². The van der Waals surface area contributed by atoms with Crippen LogP contribution in [0.3, 0.4) is 0 Å². The molecule has 20 heavy (non-hydrogen) atoms.